The van der Waals surface area contributed by atoms with Crippen molar-refractivity contribution in [2.75, 3.05) is 26.2 Å². The molecule has 0 saturated carbocycles. The van der Waals surface area contributed by atoms with E-state index < -0.39 is 0 Å². The SMILES string of the molecule is CCN1CCC(CNCc2nc(C)ccc2O)C1. The molecule has 0 spiro atoms. The Balaban J connectivity index is 1.77. The van der Waals surface area contributed by atoms with Crippen molar-refractivity contribution < 1.29 is 5.11 Å². The van der Waals surface area contributed by atoms with E-state index in [0.717, 1.165) is 30.4 Å². The molecule has 2 heterocycles. The molecule has 100 valence electrons. The zero-order valence-corrected chi connectivity index (χ0v) is 11.3. The largest absolute Gasteiger partial charge is 0.506 e. The molecule has 4 heteroatoms. The average Bonchev–Trinajstić information content (AvgIpc) is 2.81. The zero-order chi connectivity index (χ0) is 13.0. The molecular weight excluding hydrogens is 226 g/mol. The highest BCUT2D eigenvalue weighted by Crippen LogP contribution is 2.16. The fourth-order valence-electron chi connectivity index (χ4n) is 2.49. The molecular formula is C14H23N3O. The lowest BCUT2D eigenvalue weighted by molar-refractivity contribution is 0.338. The van der Waals surface area contributed by atoms with Crippen LogP contribution in [0.3, 0.4) is 0 Å². The second-order valence-electron chi connectivity index (χ2n) is 5.10. The maximum atomic E-state index is 9.70. The van der Waals surface area contributed by atoms with Crippen LogP contribution in [0.5, 0.6) is 5.75 Å². The Kier molecular flexibility index (Phi) is 4.55. The van der Waals surface area contributed by atoms with E-state index in [2.05, 4.69) is 22.1 Å². The Bertz CT molecular complexity index is 395. The summed E-state index contributed by atoms with van der Waals surface area (Å²) in [6.45, 7) is 9.37. The van der Waals surface area contributed by atoms with Gasteiger partial charge in [-0.15, -0.1) is 0 Å². The number of aryl methyl sites for hydroxylation is 1. The first-order chi connectivity index (χ1) is 8.69. The Hall–Kier alpha value is -1.13. The molecule has 1 fully saturated rings. The molecule has 0 aliphatic carbocycles. The summed E-state index contributed by atoms with van der Waals surface area (Å²) < 4.78 is 0. The van der Waals surface area contributed by atoms with E-state index in [0.29, 0.717) is 6.54 Å². The van der Waals surface area contributed by atoms with Gasteiger partial charge >= 0.3 is 0 Å². The van der Waals surface area contributed by atoms with Crippen LogP contribution < -0.4 is 5.32 Å². The first-order valence-electron chi connectivity index (χ1n) is 6.77. The van der Waals surface area contributed by atoms with Gasteiger partial charge in [0.05, 0.1) is 5.69 Å². The number of nitrogens with zero attached hydrogens (tertiary/aromatic N) is 2. The lowest BCUT2D eigenvalue weighted by Crippen LogP contribution is -2.26. The minimum absolute atomic E-state index is 0.287. The lowest BCUT2D eigenvalue weighted by Gasteiger charge is -2.14. The fraction of sp³-hybridized carbons (Fsp3) is 0.643. The van der Waals surface area contributed by atoms with Gasteiger partial charge in [0.25, 0.3) is 0 Å². The van der Waals surface area contributed by atoms with Crippen LogP contribution in [0.2, 0.25) is 0 Å². The molecule has 18 heavy (non-hydrogen) atoms. The molecule has 1 aromatic heterocycles. The van der Waals surface area contributed by atoms with Crippen molar-refractivity contribution in [1.29, 1.82) is 0 Å². The van der Waals surface area contributed by atoms with Crippen molar-refractivity contribution in [1.82, 2.24) is 15.2 Å². The van der Waals surface area contributed by atoms with Crippen LogP contribution in [-0.4, -0.2) is 41.2 Å². The minimum Gasteiger partial charge on any atom is -0.506 e. The summed E-state index contributed by atoms with van der Waals surface area (Å²) in [5.41, 5.74) is 1.70. The molecule has 1 atom stereocenters. The number of likely N-dealkylation sites (tertiary alicyclic amines) is 1. The third kappa shape index (κ3) is 3.43. The van der Waals surface area contributed by atoms with E-state index in [1.54, 1.807) is 6.07 Å². The highest BCUT2D eigenvalue weighted by atomic mass is 16.3. The zero-order valence-electron chi connectivity index (χ0n) is 11.3. The van der Waals surface area contributed by atoms with Crippen LogP contribution in [-0.2, 0) is 6.54 Å². The number of pyridine rings is 1. The van der Waals surface area contributed by atoms with E-state index in [9.17, 15) is 5.11 Å². The summed E-state index contributed by atoms with van der Waals surface area (Å²) in [5.74, 6) is 1.02. The van der Waals surface area contributed by atoms with Crippen molar-refractivity contribution in [3.63, 3.8) is 0 Å². The lowest BCUT2D eigenvalue weighted by atomic mass is 10.1. The number of nitrogens with one attached hydrogen (secondary N) is 1. The molecule has 1 aliphatic heterocycles. The number of rotatable bonds is 5. The Morgan fingerprint density at radius 1 is 1.50 bits per heavy atom. The van der Waals surface area contributed by atoms with Gasteiger partial charge < -0.3 is 15.3 Å². The molecule has 2 rings (SSSR count). The first kappa shape index (κ1) is 13.3. The van der Waals surface area contributed by atoms with E-state index in [1.165, 1.54) is 19.5 Å². The molecule has 1 unspecified atom stereocenters. The molecule has 0 bridgehead atoms. The number of aromatic nitrogens is 1. The number of hydrogen-bond acceptors (Lipinski definition) is 4. The standard InChI is InChI=1S/C14H23N3O/c1-3-17-7-6-12(10-17)8-15-9-13-14(18)5-4-11(2)16-13/h4-5,12,15,18H,3,6-10H2,1-2H3. The van der Waals surface area contributed by atoms with Crippen LogP contribution in [0.15, 0.2) is 12.1 Å². The van der Waals surface area contributed by atoms with Crippen molar-refractivity contribution in [2.45, 2.75) is 26.8 Å². The predicted molar refractivity (Wildman–Crippen MR) is 72.6 cm³/mol. The monoisotopic (exact) mass is 249 g/mol. The highest BCUT2D eigenvalue weighted by Gasteiger charge is 2.20. The van der Waals surface area contributed by atoms with Crippen LogP contribution in [0.4, 0.5) is 0 Å². The molecule has 2 N–H and O–H groups in total. The van der Waals surface area contributed by atoms with Crippen molar-refractivity contribution >= 4 is 0 Å². The molecule has 1 saturated heterocycles. The van der Waals surface area contributed by atoms with Crippen LogP contribution >= 0.6 is 0 Å². The third-order valence-corrected chi connectivity index (χ3v) is 3.63. The minimum atomic E-state index is 0.287. The van der Waals surface area contributed by atoms with E-state index in [4.69, 9.17) is 0 Å². The summed E-state index contributed by atoms with van der Waals surface area (Å²) in [5, 5.41) is 13.1. The van der Waals surface area contributed by atoms with E-state index >= 15 is 0 Å². The van der Waals surface area contributed by atoms with Gasteiger partial charge in [0, 0.05) is 18.8 Å². The quantitative estimate of drug-likeness (QED) is 0.831. The van der Waals surface area contributed by atoms with Crippen LogP contribution in [0.1, 0.15) is 24.7 Å². The Morgan fingerprint density at radius 3 is 3.06 bits per heavy atom. The molecule has 4 nitrogen and oxygen atoms in total. The maximum Gasteiger partial charge on any atom is 0.138 e. The molecule has 0 amide bonds. The van der Waals surface area contributed by atoms with Crippen LogP contribution in [0, 0.1) is 12.8 Å². The van der Waals surface area contributed by atoms with Gasteiger partial charge in [0.1, 0.15) is 5.75 Å². The second kappa shape index (κ2) is 6.16. The van der Waals surface area contributed by atoms with Gasteiger partial charge in [0.15, 0.2) is 0 Å². The van der Waals surface area contributed by atoms with Gasteiger partial charge in [-0.3, -0.25) is 4.98 Å². The highest BCUT2D eigenvalue weighted by molar-refractivity contribution is 5.27. The first-order valence-corrected chi connectivity index (χ1v) is 6.77. The predicted octanol–water partition coefficient (Wildman–Crippen LogP) is 1.53. The second-order valence-corrected chi connectivity index (χ2v) is 5.10. The van der Waals surface area contributed by atoms with Gasteiger partial charge in [-0.1, -0.05) is 6.92 Å². The molecule has 1 aliphatic rings. The maximum absolute atomic E-state index is 9.70. The number of aromatic hydroxyl groups is 1. The van der Waals surface area contributed by atoms with Crippen LogP contribution in [0.25, 0.3) is 0 Å². The normalized spacial score (nSPS) is 20.4. The van der Waals surface area contributed by atoms with Gasteiger partial charge in [-0.2, -0.15) is 0 Å². The molecule has 0 aromatic carbocycles. The Labute approximate surface area is 109 Å². The van der Waals surface area contributed by atoms with Crippen molar-refractivity contribution in [2.24, 2.45) is 5.92 Å². The Morgan fingerprint density at radius 2 is 2.33 bits per heavy atom. The van der Waals surface area contributed by atoms with Crippen molar-refractivity contribution in [3.8, 4) is 5.75 Å². The van der Waals surface area contributed by atoms with E-state index in [1.807, 2.05) is 13.0 Å². The molecule has 1 aromatic rings. The third-order valence-electron chi connectivity index (χ3n) is 3.63. The molecule has 0 radical (unpaired) electrons. The van der Waals surface area contributed by atoms with Gasteiger partial charge in [0.2, 0.25) is 0 Å². The summed E-state index contributed by atoms with van der Waals surface area (Å²) >= 11 is 0. The topological polar surface area (TPSA) is 48.4 Å². The average molecular weight is 249 g/mol. The number of hydrogen-bond donors (Lipinski definition) is 2. The summed E-state index contributed by atoms with van der Waals surface area (Å²) in [7, 11) is 0. The van der Waals surface area contributed by atoms with Gasteiger partial charge in [-0.25, -0.2) is 0 Å². The smallest absolute Gasteiger partial charge is 0.138 e. The van der Waals surface area contributed by atoms with E-state index in [-0.39, 0.29) is 5.75 Å². The van der Waals surface area contributed by atoms with Crippen molar-refractivity contribution in [3.05, 3.63) is 23.5 Å². The summed E-state index contributed by atoms with van der Waals surface area (Å²) in [6, 6.07) is 3.54. The fourth-order valence-corrected chi connectivity index (χ4v) is 2.49. The summed E-state index contributed by atoms with van der Waals surface area (Å²) in [6.07, 6.45) is 1.27. The van der Waals surface area contributed by atoms with Gasteiger partial charge in [-0.05, 0) is 51.0 Å². The summed E-state index contributed by atoms with van der Waals surface area (Å²) in [4.78, 5) is 6.83.